The molecule has 0 saturated heterocycles. The highest BCUT2D eigenvalue weighted by Crippen LogP contribution is 2.16. The summed E-state index contributed by atoms with van der Waals surface area (Å²) >= 11 is 0. The summed E-state index contributed by atoms with van der Waals surface area (Å²) in [5.41, 5.74) is 0. The van der Waals surface area contributed by atoms with Gasteiger partial charge in [0, 0.05) is 19.3 Å². The monoisotopic (exact) mass is 1070 g/mol. The maximum atomic E-state index is 12.9. The van der Waals surface area contributed by atoms with Crippen molar-refractivity contribution >= 4 is 17.9 Å². The molecule has 0 N–H and O–H groups in total. The molecule has 0 aliphatic heterocycles. The van der Waals surface area contributed by atoms with Gasteiger partial charge >= 0.3 is 17.9 Å². The number of hydrogen-bond acceptors (Lipinski definition) is 6. The van der Waals surface area contributed by atoms with Crippen LogP contribution in [0.3, 0.4) is 0 Å². The maximum Gasteiger partial charge on any atom is 0.306 e. The fourth-order valence-electron chi connectivity index (χ4n) is 9.59. The molecule has 0 rings (SSSR count). The van der Waals surface area contributed by atoms with E-state index in [0.29, 0.717) is 19.3 Å². The molecular weight excluding hydrogens is 949 g/mol. The minimum atomic E-state index is -0.784. The van der Waals surface area contributed by atoms with E-state index in [9.17, 15) is 14.4 Å². The van der Waals surface area contributed by atoms with Gasteiger partial charge in [-0.1, -0.05) is 280 Å². The molecule has 0 aromatic carbocycles. The SMILES string of the molecule is CCCCCC/C=C\CCCCCCCC(=O)OCC(COC(=O)CCCCCCCCCC/C=C\C/C=C\C/C=C\CCCCCCC)OC(=O)CCCCCCCCCCCCC/C=C\C/C=C\CCCCCCC. The van der Waals surface area contributed by atoms with Crippen molar-refractivity contribution in [2.45, 2.75) is 348 Å². The van der Waals surface area contributed by atoms with Crippen LogP contribution in [0.4, 0.5) is 0 Å². The normalized spacial score (nSPS) is 12.5. The van der Waals surface area contributed by atoms with E-state index >= 15 is 0 Å². The predicted octanol–water partition coefficient (Wildman–Crippen LogP) is 22.9. The first-order valence-electron chi connectivity index (χ1n) is 33.4. The van der Waals surface area contributed by atoms with E-state index in [2.05, 4.69) is 93.7 Å². The minimum absolute atomic E-state index is 0.0812. The molecule has 6 nitrogen and oxygen atoms in total. The number of hydrogen-bond donors (Lipinski definition) is 0. The molecule has 6 heteroatoms. The molecule has 0 heterocycles. The highest BCUT2D eigenvalue weighted by molar-refractivity contribution is 5.71. The Morgan fingerprint density at radius 3 is 0.753 bits per heavy atom. The zero-order valence-corrected chi connectivity index (χ0v) is 51.2. The number of carbonyl (C=O) groups excluding carboxylic acids is 3. The molecule has 0 bridgehead atoms. The summed E-state index contributed by atoms with van der Waals surface area (Å²) < 4.78 is 16.9. The van der Waals surface area contributed by atoms with Crippen molar-refractivity contribution in [3.63, 3.8) is 0 Å². The van der Waals surface area contributed by atoms with Gasteiger partial charge in [0.25, 0.3) is 0 Å². The standard InChI is InChI=1S/C71H126O6/c1-4-7-10-13-16-19-22-25-27-29-31-33-35-37-39-41-43-46-49-52-55-58-61-64-70(73)76-67-68(66-75-69(72)63-60-57-54-51-48-45-24-21-18-15-12-9-6-3)77-71(74)65-62-59-56-53-50-47-44-42-40-38-36-34-32-30-28-26-23-20-17-14-11-8-5-2/h21-26,29-32,35,37,68H,4-20,27-28,33-34,36,38-67H2,1-3H3/b24-21-,25-22-,26-23-,31-29-,32-30-,37-35-. The summed E-state index contributed by atoms with van der Waals surface area (Å²) in [4.78, 5) is 38.4. The van der Waals surface area contributed by atoms with Gasteiger partial charge in [-0.2, -0.15) is 0 Å². The highest BCUT2D eigenvalue weighted by atomic mass is 16.6. The van der Waals surface area contributed by atoms with Gasteiger partial charge in [0.05, 0.1) is 0 Å². The number of carbonyl (C=O) groups is 3. The van der Waals surface area contributed by atoms with Gasteiger partial charge in [0.1, 0.15) is 13.2 Å². The average molecular weight is 1080 g/mol. The summed E-state index contributed by atoms with van der Waals surface area (Å²) in [7, 11) is 0. The van der Waals surface area contributed by atoms with Crippen LogP contribution in [0.25, 0.3) is 0 Å². The van der Waals surface area contributed by atoms with E-state index in [-0.39, 0.29) is 31.1 Å². The van der Waals surface area contributed by atoms with Crippen LogP contribution in [0.1, 0.15) is 342 Å². The first-order valence-corrected chi connectivity index (χ1v) is 33.4. The molecule has 0 saturated carbocycles. The largest absolute Gasteiger partial charge is 0.462 e. The molecule has 0 aliphatic carbocycles. The van der Waals surface area contributed by atoms with Crippen LogP contribution >= 0.6 is 0 Å². The summed E-state index contributed by atoms with van der Waals surface area (Å²) in [5.74, 6) is -0.883. The van der Waals surface area contributed by atoms with E-state index in [1.807, 2.05) is 0 Å². The second kappa shape index (κ2) is 65.4. The molecule has 0 aromatic heterocycles. The maximum absolute atomic E-state index is 12.9. The second-order valence-corrected chi connectivity index (χ2v) is 22.4. The Morgan fingerprint density at radius 2 is 0.468 bits per heavy atom. The molecule has 0 radical (unpaired) electrons. The van der Waals surface area contributed by atoms with Crippen molar-refractivity contribution in [2.75, 3.05) is 13.2 Å². The smallest absolute Gasteiger partial charge is 0.306 e. The second-order valence-electron chi connectivity index (χ2n) is 22.4. The Hall–Kier alpha value is -3.15. The van der Waals surface area contributed by atoms with Crippen molar-refractivity contribution < 1.29 is 28.6 Å². The predicted molar refractivity (Wildman–Crippen MR) is 335 cm³/mol. The number of unbranched alkanes of at least 4 members (excludes halogenated alkanes) is 38. The van der Waals surface area contributed by atoms with Crippen LogP contribution in [-0.2, 0) is 28.6 Å². The van der Waals surface area contributed by atoms with Crippen LogP contribution in [0.2, 0.25) is 0 Å². The van der Waals surface area contributed by atoms with Gasteiger partial charge in [-0.3, -0.25) is 14.4 Å². The Balaban J connectivity index is 4.33. The molecule has 0 amide bonds. The third-order valence-corrected chi connectivity index (χ3v) is 14.7. The first-order chi connectivity index (χ1) is 38.0. The lowest BCUT2D eigenvalue weighted by Gasteiger charge is -2.18. The highest BCUT2D eigenvalue weighted by Gasteiger charge is 2.19. The van der Waals surface area contributed by atoms with E-state index in [0.717, 1.165) is 89.9 Å². The molecular formula is C71H126O6. The average Bonchev–Trinajstić information content (AvgIpc) is 3.43. The number of rotatable bonds is 61. The number of ether oxygens (including phenoxy) is 3. The minimum Gasteiger partial charge on any atom is -0.462 e. The number of esters is 3. The van der Waals surface area contributed by atoms with Gasteiger partial charge in [-0.25, -0.2) is 0 Å². The first kappa shape index (κ1) is 73.8. The molecule has 77 heavy (non-hydrogen) atoms. The Morgan fingerprint density at radius 1 is 0.260 bits per heavy atom. The Bertz CT molecular complexity index is 1420. The van der Waals surface area contributed by atoms with Crippen molar-refractivity contribution in [1.82, 2.24) is 0 Å². The lowest BCUT2D eigenvalue weighted by atomic mass is 10.0. The van der Waals surface area contributed by atoms with Gasteiger partial charge < -0.3 is 14.2 Å². The van der Waals surface area contributed by atoms with E-state index in [1.165, 1.54) is 212 Å². The van der Waals surface area contributed by atoms with E-state index in [1.54, 1.807) is 0 Å². The molecule has 0 spiro atoms. The lowest BCUT2D eigenvalue weighted by Crippen LogP contribution is -2.30. The zero-order chi connectivity index (χ0) is 55.7. The fourth-order valence-corrected chi connectivity index (χ4v) is 9.59. The summed E-state index contributed by atoms with van der Waals surface area (Å²) in [6, 6.07) is 0. The zero-order valence-electron chi connectivity index (χ0n) is 51.2. The van der Waals surface area contributed by atoms with Crippen LogP contribution in [0.15, 0.2) is 72.9 Å². The molecule has 0 aliphatic rings. The molecule has 1 unspecified atom stereocenters. The van der Waals surface area contributed by atoms with Crippen molar-refractivity contribution in [1.29, 1.82) is 0 Å². The van der Waals surface area contributed by atoms with Gasteiger partial charge in [0.2, 0.25) is 0 Å². The summed E-state index contributed by atoms with van der Waals surface area (Å²) in [6.45, 7) is 6.63. The van der Waals surface area contributed by atoms with Crippen LogP contribution < -0.4 is 0 Å². The molecule has 1 atom stereocenters. The quantitative estimate of drug-likeness (QED) is 0.0261. The van der Waals surface area contributed by atoms with Crippen molar-refractivity contribution in [3.05, 3.63) is 72.9 Å². The van der Waals surface area contributed by atoms with Crippen molar-refractivity contribution in [2.24, 2.45) is 0 Å². The van der Waals surface area contributed by atoms with Crippen LogP contribution in [-0.4, -0.2) is 37.2 Å². The number of allylic oxidation sites excluding steroid dienone is 12. The Labute approximate surface area is 478 Å². The molecule has 0 fully saturated rings. The summed E-state index contributed by atoms with van der Waals surface area (Å²) in [6.07, 6.45) is 84.8. The van der Waals surface area contributed by atoms with Crippen LogP contribution in [0.5, 0.6) is 0 Å². The third-order valence-electron chi connectivity index (χ3n) is 14.7. The van der Waals surface area contributed by atoms with Gasteiger partial charge in [0.15, 0.2) is 6.10 Å². The topological polar surface area (TPSA) is 78.9 Å². The van der Waals surface area contributed by atoms with Crippen molar-refractivity contribution in [3.8, 4) is 0 Å². The van der Waals surface area contributed by atoms with Gasteiger partial charge in [-0.05, 0) is 116 Å². The third kappa shape index (κ3) is 63.6. The van der Waals surface area contributed by atoms with Gasteiger partial charge in [-0.15, -0.1) is 0 Å². The molecule has 446 valence electrons. The Kier molecular flexibility index (Phi) is 62.7. The van der Waals surface area contributed by atoms with E-state index < -0.39 is 6.10 Å². The fraction of sp³-hybridized carbons (Fsp3) is 0.789. The lowest BCUT2D eigenvalue weighted by molar-refractivity contribution is -0.167. The van der Waals surface area contributed by atoms with Crippen LogP contribution in [0, 0.1) is 0 Å². The molecule has 0 aromatic rings. The van der Waals surface area contributed by atoms with E-state index in [4.69, 9.17) is 14.2 Å². The summed E-state index contributed by atoms with van der Waals surface area (Å²) in [5, 5.41) is 0.